The highest BCUT2D eigenvalue weighted by Gasteiger charge is 2.33. The van der Waals surface area contributed by atoms with Crippen LogP contribution in [0.3, 0.4) is 0 Å². The number of anilines is 1. The fraction of sp³-hybridized carbons (Fsp3) is 0.143. The molecule has 20 heavy (non-hydrogen) atoms. The fourth-order valence-corrected chi connectivity index (χ4v) is 1.87. The number of nitrogens with two attached hydrogens (primary N) is 1. The van der Waals surface area contributed by atoms with E-state index in [4.69, 9.17) is 5.73 Å². The third kappa shape index (κ3) is 2.59. The van der Waals surface area contributed by atoms with Crippen molar-refractivity contribution >= 4 is 5.69 Å². The zero-order valence-corrected chi connectivity index (χ0v) is 10.4. The largest absolute Gasteiger partial charge is 0.416 e. The van der Waals surface area contributed by atoms with E-state index >= 15 is 0 Å². The van der Waals surface area contributed by atoms with Gasteiger partial charge in [0.15, 0.2) is 11.6 Å². The summed E-state index contributed by atoms with van der Waals surface area (Å²) in [4.78, 5) is 0. The van der Waals surface area contributed by atoms with E-state index in [1.807, 2.05) is 0 Å². The molecule has 0 heterocycles. The second-order valence-corrected chi connectivity index (χ2v) is 4.36. The van der Waals surface area contributed by atoms with Crippen molar-refractivity contribution in [2.45, 2.75) is 13.1 Å². The number of alkyl halides is 3. The SMILES string of the molecule is Cc1c(N)cc(-c2ccc(F)c(F)c2)cc1C(F)(F)F. The van der Waals surface area contributed by atoms with Gasteiger partial charge in [0.1, 0.15) is 0 Å². The molecule has 0 saturated carbocycles. The second kappa shape index (κ2) is 4.77. The highest BCUT2D eigenvalue weighted by Crippen LogP contribution is 2.37. The number of hydrogen-bond donors (Lipinski definition) is 1. The van der Waals surface area contributed by atoms with Gasteiger partial charge in [-0.2, -0.15) is 13.2 Å². The summed E-state index contributed by atoms with van der Waals surface area (Å²) in [5.74, 6) is -2.19. The van der Waals surface area contributed by atoms with E-state index in [2.05, 4.69) is 0 Å². The lowest BCUT2D eigenvalue weighted by atomic mass is 9.97. The van der Waals surface area contributed by atoms with E-state index in [0.29, 0.717) is 0 Å². The molecule has 0 aromatic heterocycles. The quantitative estimate of drug-likeness (QED) is 0.604. The first-order chi connectivity index (χ1) is 9.20. The van der Waals surface area contributed by atoms with Crippen LogP contribution in [0.4, 0.5) is 27.6 Å². The van der Waals surface area contributed by atoms with E-state index in [1.54, 1.807) is 0 Å². The molecule has 0 atom stereocenters. The number of hydrogen-bond acceptors (Lipinski definition) is 1. The summed E-state index contributed by atoms with van der Waals surface area (Å²) in [6, 6.07) is 5.06. The molecule has 0 bridgehead atoms. The smallest absolute Gasteiger partial charge is 0.398 e. The predicted octanol–water partition coefficient (Wildman–Crippen LogP) is 4.54. The van der Waals surface area contributed by atoms with Crippen molar-refractivity contribution in [2.75, 3.05) is 5.73 Å². The van der Waals surface area contributed by atoms with Gasteiger partial charge in [0.25, 0.3) is 0 Å². The molecule has 0 aliphatic rings. The van der Waals surface area contributed by atoms with Crippen LogP contribution in [0.25, 0.3) is 11.1 Å². The first kappa shape index (κ1) is 14.3. The van der Waals surface area contributed by atoms with Crippen LogP contribution in [0.5, 0.6) is 0 Å². The Morgan fingerprint density at radius 3 is 2.10 bits per heavy atom. The number of halogens is 5. The van der Waals surface area contributed by atoms with Crippen molar-refractivity contribution in [3.05, 3.63) is 53.1 Å². The zero-order valence-electron chi connectivity index (χ0n) is 10.4. The van der Waals surface area contributed by atoms with Gasteiger partial charge in [-0.25, -0.2) is 8.78 Å². The molecule has 0 spiro atoms. The van der Waals surface area contributed by atoms with Gasteiger partial charge in [-0.1, -0.05) is 6.07 Å². The lowest BCUT2D eigenvalue weighted by molar-refractivity contribution is -0.137. The molecule has 6 heteroatoms. The zero-order chi connectivity index (χ0) is 15.1. The van der Waals surface area contributed by atoms with E-state index < -0.39 is 23.4 Å². The summed E-state index contributed by atoms with van der Waals surface area (Å²) < 4.78 is 64.6. The third-order valence-electron chi connectivity index (χ3n) is 3.01. The van der Waals surface area contributed by atoms with Gasteiger partial charge >= 0.3 is 6.18 Å². The Morgan fingerprint density at radius 1 is 0.900 bits per heavy atom. The van der Waals surface area contributed by atoms with Gasteiger partial charge in [-0.05, 0) is 47.9 Å². The molecular weight excluding hydrogens is 277 g/mol. The number of rotatable bonds is 1. The Bertz CT molecular complexity index is 661. The molecule has 2 N–H and O–H groups in total. The summed E-state index contributed by atoms with van der Waals surface area (Å²) in [5, 5.41) is 0. The second-order valence-electron chi connectivity index (χ2n) is 4.36. The summed E-state index contributed by atoms with van der Waals surface area (Å²) in [6.45, 7) is 1.26. The molecule has 2 aromatic carbocycles. The van der Waals surface area contributed by atoms with Crippen LogP contribution < -0.4 is 5.73 Å². The maximum Gasteiger partial charge on any atom is 0.416 e. The lowest BCUT2D eigenvalue weighted by Gasteiger charge is -2.14. The highest BCUT2D eigenvalue weighted by atomic mass is 19.4. The van der Waals surface area contributed by atoms with E-state index in [0.717, 1.165) is 18.2 Å². The van der Waals surface area contributed by atoms with Crippen LogP contribution in [-0.2, 0) is 6.18 Å². The molecule has 0 aliphatic heterocycles. The standard InChI is InChI=1S/C14H10F5N/c1-7-10(14(17,18)19)4-9(6-13(7)20)8-2-3-11(15)12(16)5-8/h2-6H,20H2,1H3. The van der Waals surface area contributed by atoms with Crippen molar-refractivity contribution in [3.63, 3.8) is 0 Å². The van der Waals surface area contributed by atoms with Crippen LogP contribution in [0.2, 0.25) is 0 Å². The Morgan fingerprint density at radius 2 is 1.55 bits per heavy atom. The van der Waals surface area contributed by atoms with E-state index in [9.17, 15) is 22.0 Å². The molecule has 0 amide bonds. The molecule has 0 radical (unpaired) electrons. The van der Waals surface area contributed by atoms with Crippen LogP contribution in [0.1, 0.15) is 11.1 Å². The maximum atomic E-state index is 13.2. The molecule has 1 nitrogen and oxygen atoms in total. The third-order valence-corrected chi connectivity index (χ3v) is 3.01. The summed E-state index contributed by atoms with van der Waals surface area (Å²) in [7, 11) is 0. The molecule has 2 aromatic rings. The fourth-order valence-electron chi connectivity index (χ4n) is 1.87. The Balaban J connectivity index is 2.63. The Kier molecular flexibility index (Phi) is 3.41. The van der Waals surface area contributed by atoms with Crippen molar-refractivity contribution in [3.8, 4) is 11.1 Å². The number of nitrogen functional groups attached to an aromatic ring is 1. The predicted molar refractivity (Wildman–Crippen MR) is 65.9 cm³/mol. The summed E-state index contributed by atoms with van der Waals surface area (Å²) >= 11 is 0. The van der Waals surface area contributed by atoms with Gasteiger partial charge in [-0.3, -0.25) is 0 Å². The minimum atomic E-state index is -4.56. The first-order valence-electron chi connectivity index (χ1n) is 5.63. The van der Waals surface area contributed by atoms with Crippen LogP contribution >= 0.6 is 0 Å². The molecule has 0 fully saturated rings. The van der Waals surface area contributed by atoms with Crippen molar-refractivity contribution in [1.29, 1.82) is 0 Å². The lowest BCUT2D eigenvalue weighted by Crippen LogP contribution is -2.09. The average molecular weight is 287 g/mol. The van der Waals surface area contributed by atoms with Gasteiger partial charge in [0.05, 0.1) is 5.56 Å². The van der Waals surface area contributed by atoms with Crippen molar-refractivity contribution in [2.24, 2.45) is 0 Å². The average Bonchev–Trinajstić information content (AvgIpc) is 2.34. The van der Waals surface area contributed by atoms with E-state index in [-0.39, 0.29) is 22.4 Å². The van der Waals surface area contributed by atoms with Crippen LogP contribution in [0.15, 0.2) is 30.3 Å². The van der Waals surface area contributed by atoms with Crippen LogP contribution in [-0.4, -0.2) is 0 Å². The highest BCUT2D eigenvalue weighted by molar-refractivity contribution is 5.71. The first-order valence-corrected chi connectivity index (χ1v) is 5.63. The Hall–Kier alpha value is -2.11. The van der Waals surface area contributed by atoms with Gasteiger partial charge in [-0.15, -0.1) is 0 Å². The summed E-state index contributed by atoms with van der Waals surface area (Å²) in [6.07, 6.45) is -4.56. The number of benzene rings is 2. The van der Waals surface area contributed by atoms with Crippen molar-refractivity contribution < 1.29 is 22.0 Å². The minimum absolute atomic E-state index is 0.0560. The van der Waals surface area contributed by atoms with Crippen molar-refractivity contribution in [1.82, 2.24) is 0 Å². The van der Waals surface area contributed by atoms with E-state index in [1.165, 1.54) is 19.1 Å². The molecule has 0 saturated heterocycles. The summed E-state index contributed by atoms with van der Waals surface area (Å²) in [5.41, 5.74) is 4.72. The van der Waals surface area contributed by atoms with Crippen LogP contribution in [0, 0.1) is 18.6 Å². The molecule has 106 valence electrons. The maximum absolute atomic E-state index is 13.2. The van der Waals surface area contributed by atoms with Gasteiger partial charge < -0.3 is 5.73 Å². The topological polar surface area (TPSA) is 26.0 Å². The molecule has 0 unspecified atom stereocenters. The Labute approximate surface area is 111 Å². The molecule has 2 rings (SSSR count). The minimum Gasteiger partial charge on any atom is -0.398 e. The molecule has 0 aliphatic carbocycles. The van der Waals surface area contributed by atoms with Gasteiger partial charge in [0, 0.05) is 5.69 Å². The molecular formula is C14H10F5N. The monoisotopic (exact) mass is 287 g/mol. The normalized spacial score (nSPS) is 11.7. The van der Waals surface area contributed by atoms with Gasteiger partial charge in [0.2, 0.25) is 0 Å².